The van der Waals surface area contributed by atoms with Gasteiger partial charge in [-0.15, -0.1) is 0 Å². The van der Waals surface area contributed by atoms with Crippen molar-refractivity contribution in [3.8, 4) is 0 Å². The van der Waals surface area contributed by atoms with Gasteiger partial charge in [-0.05, 0) is 56.4 Å². The molecular formula is C23H21ClFN5. The van der Waals surface area contributed by atoms with Gasteiger partial charge >= 0.3 is 0 Å². The van der Waals surface area contributed by atoms with Gasteiger partial charge in [-0.2, -0.15) is 0 Å². The lowest BCUT2D eigenvalue weighted by atomic mass is 10.00. The predicted octanol–water partition coefficient (Wildman–Crippen LogP) is 4.42. The van der Waals surface area contributed by atoms with Crippen LogP contribution in [0.4, 0.5) is 10.1 Å². The van der Waals surface area contributed by atoms with E-state index in [4.69, 9.17) is 16.6 Å². The first-order valence-electron chi connectivity index (χ1n) is 9.99. The summed E-state index contributed by atoms with van der Waals surface area (Å²) < 4.78 is 14.4. The molecule has 0 amide bonds. The van der Waals surface area contributed by atoms with Gasteiger partial charge in [0.25, 0.3) is 0 Å². The van der Waals surface area contributed by atoms with E-state index in [9.17, 15) is 4.39 Å². The van der Waals surface area contributed by atoms with E-state index >= 15 is 0 Å². The third-order valence-corrected chi connectivity index (χ3v) is 5.79. The number of pyridine rings is 2. The molecule has 2 aromatic heterocycles. The van der Waals surface area contributed by atoms with Gasteiger partial charge in [0.2, 0.25) is 0 Å². The largest absolute Gasteiger partial charge is 0.380 e. The third kappa shape index (κ3) is 3.68. The second kappa shape index (κ2) is 7.78. The van der Waals surface area contributed by atoms with Crippen LogP contribution in [0.5, 0.6) is 0 Å². The summed E-state index contributed by atoms with van der Waals surface area (Å²) >= 11 is 6.09. The van der Waals surface area contributed by atoms with Crippen molar-refractivity contribution >= 4 is 39.6 Å². The highest BCUT2D eigenvalue weighted by atomic mass is 35.5. The third-order valence-electron chi connectivity index (χ3n) is 5.56. The van der Waals surface area contributed by atoms with Crippen molar-refractivity contribution in [3.05, 3.63) is 70.8 Å². The normalized spacial score (nSPS) is 19.2. The lowest BCUT2D eigenvalue weighted by Crippen LogP contribution is -2.23. The molecule has 0 saturated carbocycles. The number of aliphatic imine (C=N–C) groups is 1. The van der Waals surface area contributed by atoms with Crippen molar-refractivity contribution in [1.82, 2.24) is 14.9 Å². The molecule has 5 rings (SSSR count). The van der Waals surface area contributed by atoms with Crippen LogP contribution in [0.1, 0.15) is 17.7 Å². The number of fused-ring (bicyclic) bond motifs is 1. The summed E-state index contributed by atoms with van der Waals surface area (Å²) in [5, 5.41) is 4.03. The lowest BCUT2D eigenvalue weighted by molar-refractivity contribution is 0.414. The molecule has 1 saturated heterocycles. The van der Waals surface area contributed by atoms with E-state index in [0.717, 1.165) is 47.5 Å². The van der Waals surface area contributed by atoms with Gasteiger partial charge in [0.15, 0.2) is 0 Å². The fourth-order valence-corrected chi connectivity index (χ4v) is 4.24. The molecule has 1 aromatic carbocycles. The Morgan fingerprint density at radius 2 is 2.07 bits per heavy atom. The highest BCUT2D eigenvalue weighted by molar-refractivity contribution is 6.35. The van der Waals surface area contributed by atoms with Crippen LogP contribution in [0.15, 0.2) is 53.7 Å². The van der Waals surface area contributed by atoms with Crippen molar-refractivity contribution in [1.29, 1.82) is 0 Å². The van der Waals surface area contributed by atoms with Gasteiger partial charge in [0.1, 0.15) is 5.82 Å². The number of anilines is 1. The fourth-order valence-electron chi connectivity index (χ4n) is 4.07. The first-order chi connectivity index (χ1) is 14.6. The molecule has 7 heteroatoms. The summed E-state index contributed by atoms with van der Waals surface area (Å²) in [6.45, 7) is 2.60. The number of hydrogen-bond acceptors (Lipinski definition) is 5. The van der Waals surface area contributed by atoms with E-state index in [1.165, 1.54) is 12.1 Å². The average Bonchev–Trinajstić information content (AvgIpc) is 3.38. The lowest BCUT2D eigenvalue weighted by Gasteiger charge is -2.14. The number of benzene rings is 1. The number of likely N-dealkylation sites (N-methyl/N-ethyl adjacent to an activating group) is 1. The van der Waals surface area contributed by atoms with Crippen LogP contribution in [0, 0.1) is 5.82 Å². The fraction of sp³-hybridized carbons (Fsp3) is 0.261. The molecule has 4 heterocycles. The molecule has 0 bridgehead atoms. The number of nitrogens with zero attached hydrogens (tertiary/aromatic N) is 4. The molecular weight excluding hydrogens is 401 g/mol. The van der Waals surface area contributed by atoms with Crippen molar-refractivity contribution in [3.63, 3.8) is 0 Å². The smallest absolute Gasteiger partial charge is 0.132 e. The Labute approximate surface area is 179 Å². The summed E-state index contributed by atoms with van der Waals surface area (Å²) in [6.07, 6.45) is 4.93. The molecule has 152 valence electrons. The molecule has 2 aliphatic rings. The monoisotopic (exact) mass is 421 g/mol. The molecule has 1 N–H and O–H groups in total. The van der Waals surface area contributed by atoms with Gasteiger partial charge in [0, 0.05) is 28.7 Å². The Morgan fingerprint density at radius 1 is 1.17 bits per heavy atom. The Balaban J connectivity index is 1.47. The van der Waals surface area contributed by atoms with E-state index in [1.807, 2.05) is 30.5 Å². The molecule has 0 spiro atoms. The van der Waals surface area contributed by atoms with Gasteiger partial charge in [-0.25, -0.2) is 9.37 Å². The summed E-state index contributed by atoms with van der Waals surface area (Å²) in [5.74, 6) is -0.346. The van der Waals surface area contributed by atoms with Crippen molar-refractivity contribution < 1.29 is 4.39 Å². The van der Waals surface area contributed by atoms with Crippen molar-refractivity contribution in [2.75, 3.05) is 32.0 Å². The topological polar surface area (TPSA) is 53.4 Å². The predicted molar refractivity (Wildman–Crippen MR) is 120 cm³/mol. The van der Waals surface area contributed by atoms with Crippen molar-refractivity contribution in [2.45, 2.75) is 12.5 Å². The van der Waals surface area contributed by atoms with Gasteiger partial charge in [-0.1, -0.05) is 17.7 Å². The molecule has 5 nitrogen and oxygen atoms in total. The molecule has 30 heavy (non-hydrogen) atoms. The first-order valence-corrected chi connectivity index (χ1v) is 10.4. The van der Waals surface area contributed by atoms with Gasteiger partial charge in [-0.3, -0.25) is 9.98 Å². The highest BCUT2D eigenvalue weighted by Crippen LogP contribution is 2.28. The molecule has 3 aromatic rings. The van der Waals surface area contributed by atoms with Crippen LogP contribution in [0.2, 0.25) is 5.02 Å². The zero-order valence-corrected chi connectivity index (χ0v) is 17.3. The SMILES string of the molecule is CN1CCC(Nc2cnc3ccc(C4=CCN=C4c4cc(Cl)ccc4F)nc3c2)C1. The summed E-state index contributed by atoms with van der Waals surface area (Å²) in [5.41, 5.74) is 5.11. The maximum atomic E-state index is 14.4. The van der Waals surface area contributed by atoms with Crippen molar-refractivity contribution in [2.24, 2.45) is 4.99 Å². The Morgan fingerprint density at radius 3 is 2.90 bits per heavy atom. The number of halogens is 2. The maximum Gasteiger partial charge on any atom is 0.132 e. The number of allylic oxidation sites excluding steroid dienone is 1. The summed E-state index contributed by atoms with van der Waals surface area (Å²) in [7, 11) is 2.13. The van der Waals surface area contributed by atoms with Crippen LogP contribution in [0.3, 0.4) is 0 Å². The van der Waals surface area contributed by atoms with Crippen LogP contribution in [-0.2, 0) is 0 Å². The summed E-state index contributed by atoms with van der Waals surface area (Å²) in [4.78, 5) is 16.2. The second-order valence-corrected chi connectivity index (χ2v) is 8.22. The molecule has 1 unspecified atom stereocenters. The number of nitrogens with one attached hydrogen (secondary N) is 1. The highest BCUT2D eigenvalue weighted by Gasteiger charge is 2.22. The Kier molecular flexibility index (Phi) is 4.97. The molecule has 1 fully saturated rings. The minimum atomic E-state index is -0.346. The molecule has 0 radical (unpaired) electrons. The number of aromatic nitrogens is 2. The van der Waals surface area contributed by atoms with E-state index in [-0.39, 0.29) is 5.82 Å². The van der Waals surface area contributed by atoms with E-state index in [2.05, 4.69) is 27.2 Å². The summed E-state index contributed by atoms with van der Waals surface area (Å²) in [6, 6.07) is 10.8. The van der Waals surface area contributed by atoms with Gasteiger partial charge in [0.05, 0.1) is 40.9 Å². The van der Waals surface area contributed by atoms with Gasteiger partial charge < -0.3 is 10.2 Å². The van der Waals surface area contributed by atoms with Crippen LogP contribution in [0.25, 0.3) is 16.6 Å². The van der Waals surface area contributed by atoms with E-state index < -0.39 is 0 Å². The number of hydrogen-bond donors (Lipinski definition) is 1. The Hall–Kier alpha value is -2.83. The molecule has 2 aliphatic heterocycles. The van der Waals surface area contributed by atoms with E-state index in [1.54, 1.807) is 6.07 Å². The van der Waals surface area contributed by atoms with Crippen LogP contribution >= 0.6 is 11.6 Å². The Bertz CT molecular complexity index is 1190. The quantitative estimate of drug-likeness (QED) is 0.677. The average molecular weight is 422 g/mol. The zero-order chi connectivity index (χ0) is 20.7. The molecule has 0 aliphatic carbocycles. The maximum absolute atomic E-state index is 14.4. The first kappa shape index (κ1) is 19.2. The number of likely N-dealkylation sites (tertiary alicyclic amines) is 1. The zero-order valence-electron chi connectivity index (χ0n) is 16.6. The number of rotatable bonds is 4. The minimum Gasteiger partial charge on any atom is -0.380 e. The van der Waals surface area contributed by atoms with Crippen LogP contribution in [-0.4, -0.2) is 53.3 Å². The van der Waals surface area contributed by atoms with E-state index in [0.29, 0.717) is 28.9 Å². The standard InChI is InChI=1S/C23H21ClFN5/c1-30-9-7-15(13-30)28-16-11-22-21(27-12-16)5-4-20(29-22)17-6-8-26-23(17)18-10-14(24)2-3-19(18)25/h2-6,10-12,15,28H,7-9,13H2,1H3. The molecule has 1 atom stereocenters. The second-order valence-electron chi connectivity index (χ2n) is 7.78. The minimum absolute atomic E-state index is 0.346. The van der Waals surface area contributed by atoms with Crippen LogP contribution < -0.4 is 5.32 Å².